The number of nitrogens with two attached hydrogens (primary N) is 2. The van der Waals surface area contributed by atoms with Gasteiger partial charge in [0.1, 0.15) is 22.1 Å². The van der Waals surface area contributed by atoms with Crippen molar-refractivity contribution in [2.24, 2.45) is 5.73 Å². The summed E-state index contributed by atoms with van der Waals surface area (Å²) in [6.45, 7) is 5.19. The third-order valence-electron chi connectivity index (χ3n) is 6.72. The molecule has 8 nitrogen and oxygen atoms in total. The van der Waals surface area contributed by atoms with Crippen LogP contribution in [-0.2, 0) is 11.2 Å². The van der Waals surface area contributed by atoms with Gasteiger partial charge in [0, 0.05) is 42.5 Å². The normalized spacial score (nSPS) is 24.5. The Kier molecular flexibility index (Phi) is 5.64. The Balaban J connectivity index is 1.29. The van der Waals surface area contributed by atoms with Crippen molar-refractivity contribution in [2.75, 3.05) is 30.9 Å². The number of nitrogens with zero attached hydrogens (tertiary/aromatic N) is 2. The van der Waals surface area contributed by atoms with E-state index in [0.717, 1.165) is 39.5 Å². The molecule has 0 aliphatic carbocycles. The Labute approximate surface area is 196 Å². The van der Waals surface area contributed by atoms with Crippen LogP contribution < -0.4 is 26.4 Å². The summed E-state index contributed by atoms with van der Waals surface area (Å²) in [6.07, 6.45) is 0.705. The number of benzene rings is 1. The molecule has 0 radical (unpaired) electrons. The number of aromatic nitrogens is 1. The number of rotatable bonds is 4. The monoisotopic (exact) mass is 467 g/mol. The van der Waals surface area contributed by atoms with Crippen LogP contribution in [0, 0.1) is 6.92 Å². The molecule has 2 aliphatic heterocycles. The number of nitrogen functional groups attached to an aromatic ring is 1. The molecule has 2 aliphatic rings. The summed E-state index contributed by atoms with van der Waals surface area (Å²) in [5.74, 6) is 0.660. The predicted octanol–water partition coefficient (Wildman–Crippen LogP) is 2.47. The van der Waals surface area contributed by atoms with Crippen LogP contribution in [-0.4, -0.2) is 55.4 Å². The second-order valence-electron chi connectivity index (χ2n) is 8.87. The first kappa shape index (κ1) is 21.9. The van der Waals surface area contributed by atoms with Crippen molar-refractivity contribution in [1.82, 2.24) is 10.3 Å². The van der Waals surface area contributed by atoms with Crippen LogP contribution in [0.4, 0.5) is 11.4 Å². The Morgan fingerprint density at radius 3 is 2.91 bits per heavy atom. The Bertz CT molecular complexity index is 1210. The van der Waals surface area contributed by atoms with E-state index < -0.39 is 0 Å². The summed E-state index contributed by atoms with van der Waals surface area (Å²) in [5.41, 5.74) is 16.1. The number of aryl methyl sites for hydroxylation is 1. The SMILES string of the molecule is CO[C@@H]1CN(c2ccc3c(c2)OC[C@H](NC(=O)c2sc4nc(C)ccc4c2N)C3)[C@H](C)[C@H]1N. The van der Waals surface area contributed by atoms with Crippen molar-refractivity contribution >= 4 is 38.8 Å². The van der Waals surface area contributed by atoms with Gasteiger partial charge < -0.3 is 31.2 Å². The number of anilines is 2. The maximum Gasteiger partial charge on any atom is 0.263 e. The van der Waals surface area contributed by atoms with Gasteiger partial charge in [0.25, 0.3) is 5.91 Å². The molecule has 0 bridgehead atoms. The predicted molar refractivity (Wildman–Crippen MR) is 131 cm³/mol. The van der Waals surface area contributed by atoms with Crippen LogP contribution in [0.3, 0.4) is 0 Å². The van der Waals surface area contributed by atoms with Gasteiger partial charge in [-0.25, -0.2) is 4.98 Å². The van der Waals surface area contributed by atoms with Gasteiger partial charge in [0.2, 0.25) is 0 Å². The molecule has 1 fully saturated rings. The lowest BCUT2D eigenvalue weighted by atomic mass is 10.0. The first-order chi connectivity index (χ1) is 15.9. The highest BCUT2D eigenvalue weighted by molar-refractivity contribution is 7.21. The summed E-state index contributed by atoms with van der Waals surface area (Å²) in [6, 6.07) is 10.0. The van der Waals surface area contributed by atoms with E-state index in [-0.39, 0.29) is 30.1 Å². The summed E-state index contributed by atoms with van der Waals surface area (Å²) < 4.78 is 11.6. The molecule has 4 atom stereocenters. The molecule has 2 aromatic heterocycles. The van der Waals surface area contributed by atoms with E-state index in [1.54, 1.807) is 7.11 Å². The van der Waals surface area contributed by atoms with Gasteiger partial charge in [-0.05, 0) is 44.0 Å². The minimum absolute atomic E-state index is 0.0111. The number of amides is 1. The summed E-state index contributed by atoms with van der Waals surface area (Å²) in [4.78, 5) is 21.0. The molecular weight excluding hydrogens is 438 g/mol. The average molecular weight is 468 g/mol. The first-order valence-electron chi connectivity index (χ1n) is 11.1. The van der Waals surface area contributed by atoms with Crippen molar-refractivity contribution in [3.05, 3.63) is 46.5 Å². The Hall–Kier alpha value is -2.88. The van der Waals surface area contributed by atoms with Crippen LogP contribution in [0.25, 0.3) is 10.2 Å². The molecule has 1 amide bonds. The number of thiophene rings is 1. The van der Waals surface area contributed by atoms with E-state index in [2.05, 4.69) is 40.3 Å². The molecule has 1 saturated heterocycles. The third-order valence-corrected chi connectivity index (χ3v) is 7.83. The van der Waals surface area contributed by atoms with Gasteiger partial charge in [-0.3, -0.25) is 4.79 Å². The van der Waals surface area contributed by atoms with Crippen molar-refractivity contribution in [2.45, 2.75) is 44.5 Å². The fourth-order valence-corrected chi connectivity index (χ4v) is 5.76. The zero-order chi connectivity index (χ0) is 23.3. The maximum atomic E-state index is 13.0. The van der Waals surface area contributed by atoms with Gasteiger partial charge in [-0.1, -0.05) is 6.07 Å². The second-order valence-corrected chi connectivity index (χ2v) is 9.87. The van der Waals surface area contributed by atoms with Crippen LogP contribution in [0.2, 0.25) is 0 Å². The highest BCUT2D eigenvalue weighted by Crippen LogP contribution is 2.35. The van der Waals surface area contributed by atoms with Crippen molar-refractivity contribution < 1.29 is 14.3 Å². The molecule has 1 aromatic carbocycles. The minimum Gasteiger partial charge on any atom is -0.491 e. The van der Waals surface area contributed by atoms with E-state index in [4.69, 9.17) is 20.9 Å². The molecule has 4 heterocycles. The zero-order valence-corrected chi connectivity index (χ0v) is 19.8. The van der Waals surface area contributed by atoms with Crippen LogP contribution >= 0.6 is 11.3 Å². The number of carbonyl (C=O) groups is 1. The fourth-order valence-electron chi connectivity index (χ4n) is 4.71. The van der Waals surface area contributed by atoms with E-state index in [0.29, 0.717) is 23.6 Å². The smallest absolute Gasteiger partial charge is 0.263 e. The van der Waals surface area contributed by atoms with Crippen LogP contribution in [0.15, 0.2) is 30.3 Å². The van der Waals surface area contributed by atoms with E-state index in [9.17, 15) is 4.79 Å². The molecule has 0 spiro atoms. The maximum absolute atomic E-state index is 13.0. The van der Waals surface area contributed by atoms with Crippen LogP contribution in [0.5, 0.6) is 5.75 Å². The molecular formula is C24H29N5O3S. The standard InChI is InChI=1S/C24H29N5O3S/c1-12-4-7-17-21(26)22(33-24(17)27-12)23(30)28-15-8-14-5-6-16(9-18(14)32-11-15)29-10-19(31-3)20(25)13(29)2/h4-7,9,13,15,19-20H,8,10-11,25-26H2,1-3H3,(H,28,30)/t13-,15-,19-,20-/m1/s1. The highest BCUT2D eigenvalue weighted by atomic mass is 32.1. The fraction of sp³-hybridized carbons (Fsp3) is 0.417. The number of ether oxygens (including phenoxy) is 2. The number of pyridine rings is 1. The summed E-state index contributed by atoms with van der Waals surface area (Å²) in [5, 5.41) is 3.90. The van der Waals surface area contributed by atoms with Crippen molar-refractivity contribution in [1.29, 1.82) is 0 Å². The molecule has 0 saturated carbocycles. The van der Waals surface area contributed by atoms with E-state index in [1.165, 1.54) is 11.3 Å². The lowest BCUT2D eigenvalue weighted by molar-refractivity contribution is 0.0920. The Morgan fingerprint density at radius 1 is 1.33 bits per heavy atom. The van der Waals surface area contributed by atoms with Gasteiger partial charge >= 0.3 is 0 Å². The van der Waals surface area contributed by atoms with Crippen molar-refractivity contribution in [3.8, 4) is 5.75 Å². The summed E-state index contributed by atoms with van der Waals surface area (Å²) >= 11 is 1.32. The Morgan fingerprint density at radius 2 is 2.15 bits per heavy atom. The van der Waals surface area contributed by atoms with Gasteiger partial charge in [0.15, 0.2) is 0 Å². The number of hydrogen-bond donors (Lipinski definition) is 3. The highest BCUT2D eigenvalue weighted by Gasteiger charge is 2.37. The number of hydrogen-bond acceptors (Lipinski definition) is 8. The molecule has 9 heteroatoms. The lowest BCUT2D eigenvalue weighted by Crippen LogP contribution is -2.42. The molecule has 0 unspecified atom stereocenters. The van der Waals surface area contributed by atoms with Crippen molar-refractivity contribution in [3.63, 3.8) is 0 Å². The number of nitrogens with one attached hydrogen (secondary N) is 1. The number of carbonyl (C=O) groups excluding carboxylic acids is 1. The second kappa shape index (κ2) is 8.48. The molecule has 5 rings (SSSR count). The summed E-state index contributed by atoms with van der Waals surface area (Å²) in [7, 11) is 1.70. The number of methoxy groups -OCH3 is 1. The third kappa shape index (κ3) is 3.90. The molecule has 3 aromatic rings. The van der Waals surface area contributed by atoms with E-state index in [1.807, 2.05) is 19.1 Å². The first-order valence-corrected chi connectivity index (χ1v) is 11.9. The lowest BCUT2D eigenvalue weighted by Gasteiger charge is -2.29. The quantitative estimate of drug-likeness (QED) is 0.540. The van der Waals surface area contributed by atoms with Crippen LogP contribution in [0.1, 0.15) is 27.9 Å². The zero-order valence-electron chi connectivity index (χ0n) is 19.0. The van der Waals surface area contributed by atoms with Gasteiger partial charge in [0.05, 0.1) is 23.9 Å². The topological polar surface area (TPSA) is 116 Å². The molecule has 5 N–H and O–H groups in total. The van der Waals surface area contributed by atoms with Gasteiger partial charge in [-0.15, -0.1) is 11.3 Å². The van der Waals surface area contributed by atoms with Gasteiger partial charge in [-0.2, -0.15) is 0 Å². The largest absolute Gasteiger partial charge is 0.491 e. The minimum atomic E-state index is -0.188. The molecule has 33 heavy (non-hydrogen) atoms. The number of fused-ring (bicyclic) bond motifs is 2. The van der Waals surface area contributed by atoms with E-state index >= 15 is 0 Å². The average Bonchev–Trinajstić information content (AvgIpc) is 3.29. The molecule has 174 valence electrons.